The van der Waals surface area contributed by atoms with Crippen LogP contribution in [0, 0.1) is 0 Å². The molecule has 0 heterocycles. The van der Waals surface area contributed by atoms with Crippen molar-refractivity contribution in [2.24, 2.45) is 0 Å². The summed E-state index contributed by atoms with van der Waals surface area (Å²) in [7, 11) is 0. The number of hydrogen-bond donors (Lipinski definition) is 0. The van der Waals surface area contributed by atoms with Crippen molar-refractivity contribution in [3.63, 3.8) is 0 Å². The third-order valence-electron chi connectivity index (χ3n) is 14.4. The molecule has 0 radical (unpaired) electrons. The summed E-state index contributed by atoms with van der Waals surface area (Å²) in [6, 6.07) is 0. The first-order valence-electron chi connectivity index (χ1n) is 31.0. The minimum Gasteiger partial charge on any atom is -0.462 e. The molecular weight excluding hydrogens is 841 g/mol. The molecule has 0 fully saturated rings. The topological polar surface area (TPSA) is 78.9 Å². The van der Waals surface area contributed by atoms with Crippen LogP contribution >= 0.6 is 0 Å². The summed E-state index contributed by atoms with van der Waals surface area (Å²) in [4.78, 5) is 38.1. The molecule has 0 rings (SSSR count). The largest absolute Gasteiger partial charge is 0.462 e. The molecule has 0 N–H and O–H groups in total. The molecule has 0 aromatic heterocycles. The summed E-state index contributed by atoms with van der Waals surface area (Å²) in [5.74, 6) is -0.833. The van der Waals surface area contributed by atoms with E-state index in [2.05, 4.69) is 20.8 Å². The molecular formula is C62H120O6. The highest BCUT2D eigenvalue weighted by Gasteiger charge is 2.19. The monoisotopic (exact) mass is 961 g/mol. The SMILES string of the molecule is CCCCCCCCCCCCCCCCCCCCCCCCCCCC(=O)OCC(COC(=O)CCCCCCCCCCCC)OC(=O)CCCCCCCCCCCCCCCCC. The summed E-state index contributed by atoms with van der Waals surface area (Å²) >= 11 is 0. The molecule has 68 heavy (non-hydrogen) atoms. The van der Waals surface area contributed by atoms with E-state index in [4.69, 9.17) is 14.2 Å². The van der Waals surface area contributed by atoms with E-state index in [0.29, 0.717) is 19.3 Å². The van der Waals surface area contributed by atoms with Crippen molar-refractivity contribution in [1.29, 1.82) is 0 Å². The van der Waals surface area contributed by atoms with Gasteiger partial charge in [-0.05, 0) is 19.3 Å². The van der Waals surface area contributed by atoms with E-state index in [1.54, 1.807) is 0 Å². The molecule has 1 atom stereocenters. The number of ether oxygens (including phenoxy) is 3. The maximum absolute atomic E-state index is 12.8. The lowest BCUT2D eigenvalue weighted by molar-refractivity contribution is -0.167. The zero-order chi connectivity index (χ0) is 49.3. The van der Waals surface area contributed by atoms with Crippen molar-refractivity contribution >= 4 is 17.9 Å². The van der Waals surface area contributed by atoms with Gasteiger partial charge in [-0.1, -0.05) is 323 Å². The highest BCUT2D eigenvalue weighted by molar-refractivity contribution is 5.71. The third-order valence-corrected chi connectivity index (χ3v) is 14.4. The van der Waals surface area contributed by atoms with Gasteiger partial charge in [0.2, 0.25) is 0 Å². The molecule has 6 heteroatoms. The van der Waals surface area contributed by atoms with E-state index in [0.717, 1.165) is 57.8 Å². The Kier molecular flexibility index (Phi) is 56.6. The first kappa shape index (κ1) is 66.4. The van der Waals surface area contributed by atoms with E-state index >= 15 is 0 Å². The van der Waals surface area contributed by atoms with Gasteiger partial charge in [0.15, 0.2) is 6.10 Å². The van der Waals surface area contributed by atoms with Crippen molar-refractivity contribution in [3.8, 4) is 0 Å². The smallest absolute Gasteiger partial charge is 0.306 e. The minimum absolute atomic E-state index is 0.0611. The van der Waals surface area contributed by atoms with Crippen molar-refractivity contribution in [2.75, 3.05) is 13.2 Å². The number of rotatable bonds is 58. The lowest BCUT2D eigenvalue weighted by Gasteiger charge is -2.18. The predicted molar refractivity (Wildman–Crippen MR) is 294 cm³/mol. The second-order valence-electron chi connectivity index (χ2n) is 21.3. The first-order valence-corrected chi connectivity index (χ1v) is 31.0. The molecule has 0 spiro atoms. The van der Waals surface area contributed by atoms with Crippen LogP contribution < -0.4 is 0 Å². The van der Waals surface area contributed by atoms with Crippen molar-refractivity contribution in [3.05, 3.63) is 0 Å². The quantitative estimate of drug-likeness (QED) is 0.0343. The van der Waals surface area contributed by atoms with Crippen LogP contribution in [-0.4, -0.2) is 37.2 Å². The molecule has 0 bridgehead atoms. The Morgan fingerprint density at radius 2 is 0.397 bits per heavy atom. The molecule has 0 aliphatic carbocycles. The summed E-state index contributed by atoms with van der Waals surface area (Å²) in [5.41, 5.74) is 0. The Balaban J connectivity index is 4.12. The van der Waals surface area contributed by atoms with Gasteiger partial charge in [0.1, 0.15) is 13.2 Å². The van der Waals surface area contributed by atoms with Crippen LogP contribution in [0.15, 0.2) is 0 Å². The average Bonchev–Trinajstić information content (AvgIpc) is 3.34. The van der Waals surface area contributed by atoms with Gasteiger partial charge in [-0.15, -0.1) is 0 Å². The third kappa shape index (κ3) is 55.3. The zero-order valence-electron chi connectivity index (χ0n) is 46.4. The molecule has 0 aliphatic heterocycles. The van der Waals surface area contributed by atoms with Gasteiger partial charge >= 0.3 is 17.9 Å². The van der Waals surface area contributed by atoms with E-state index in [-0.39, 0.29) is 31.1 Å². The Labute approximate surface area is 425 Å². The molecule has 0 aromatic carbocycles. The normalized spacial score (nSPS) is 11.9. The van der Waals surface area contributed by atoms with Crippen LogP contribution in [0.5, 0.6) is 0 Å². The molecule has 404 valence electrons. The van der Waals surface area contributed by atoms with Crippen LogP contribution in [-0.2, 0) is 28.6 Å². The number of carbonyl (C=O) groups is 3. The van der Waals surface area contributed by atoms with Crippen LogP contribution in [0.25, 0.3) is 0 Å². The Bertz CT molecular complexity index is 1010. The fourth-order valence-electron chi connectivity index (χ4n) is 9.68. The van der Waals surface area contributed by atoms with Crippen LogP contribution in [0.3, 0.4) is 0 Å². The van der Waals surface area contributed by atoms with Crippen LogP contribution in [0.4, 0.5) is 0 Å². The molecule has 0 aliphatic rings. The molecule has 6 nitrogen and oxygen atoms in total. The van der Waals surface area contributed by atoms with Gasteiger partial charge in [-0.25, -0.2) is 0 Å². The fourth-order valence-corrected chi connectivity index (χ4v) is 9.68. The molecule has 0 amide bonds. The van der Waals surface area contributed by atoms with E-state index in [1.165, 1.54) is 263 Å². The van der Waals surface area contributed by atoms with Crippen molar-refractivity contribution in [1.82, 2.24) is 0 Å². The number of hydrogen-bond acceptors (Lipinski definition) is 6. The molecule has 0 aromatic rings. The standard InChI is InChI=1S/C62H120O6/c1-4-7-10-13-16-19-22-24-26-27-28-29-30-31-32-33-34-35-37-38-40-43-46-49-52-55-61(64)67-58-59(57-66-60(63)54-51-48-45-42-21-18-15-12-9-6-3)68-62(65)56-53-50-47-44-41-39-36-25-23-20-17-14-11-8-5-2/h59H,4-58H2,1-3H3. The predicted octanol–water partition coefficient (Wildman–Crippen LogP) is 20.7. The van der Waals surface area contributed by atoms with Crippen LogP contribution in [0.1, 0.15) is 361 Å². The maximum atomic E-state index is 12.8. The Morgan fingerprint density at radius 3 is 0.588 bits per heavy atom. The van der Waals surface area contributed by atoms with E-state index < -0.39 is 6.10 Å². The number of carbonyl (C=O) groups excluding carboxylic acids is 3. The summed E-state index contributed by atoms with van der Waals surface area (Å²) in [6.45, 7) is 6.70. The lowest BCUT2D eigenvalue weighted by atomic mass is 10.0. The van der Waals surface area contributed by atoms with Crippen molar-refractivity contribution in [2.45, 2.75) is 367 Å². The second-order valence-corrected chi connectivity index (χ2v) is 21.3. The maximum Gasteiger partial charge on any atom is 0.306 e. The van der Waals surface area contributed by atoms with Gasteiger partial charge < -0.3 is 14.2 Å². The van der Waals surface area contributed by atoms with E-state index in [9.17, 15) is 14.4 Å². The molecule has 0 saturated heterocycles. The Morgan fingerprint density at radius 1 is 0.235 bits per heavy atom. The fraction of sp³-hybridized carbons (Fsp3) is 0.952. The highest BCUT2D eigenvalue weighted by Crippen LogP contribution is 2.18. The van der Waals surface area contributed by atoms with Gasteiger partial charge in [0.25, 0.3) is 0 Å². The lowest BCUT2D eigenvalue weighted by Crippen LogP contribution is -2.30. The Hall–Kier alpha value is -1.59. The summed E-state index contributed by atoms with van der Waals surface area (Å²) in [5, 5.41) is 0. The van der Waals surface area contributed by atoms with Gasteiger partial charge in [0.05, 0.1) is 0 Å². The zero-order valence-corrected chi connectivity index (χ0v) is 46.4. The molecule has 0 saturated carbocycles. The highest BCUT2D eigenvalue weighted by atomic mass is 16.6. The van der Waals surface area contributed by atoms with Gasteiger partial charge in [-0.3, -0.25) is 14.4 Å². The summed E-state index contributed by atoms with van der Waals surface area (Å²) < 4.78 is 16.9. The average molecular weight is 962 g/mol. The van der Waals surface area contributed by atoms with Crippen molar-refractivity contribution < 1.29 is 28.6 Å². The van der Waals surface area contributed by atoms with E-state index in [1.807, 2.05) is 0 Å². The van der Waals surface area contributed by atoms with Gasteiger partial charge in [0, 0.05) is 19.3 Å². The minimum atomic E-state index is -0.761. The second kappa shape index (κ2) is 58.0. The summed E-state index contributed by atoms with van der Waals surface area (Å²) in [6.07, 6.45) is 65.5. The first-order chi connectivity index (χ1) is 33.5. The molecule has 1 unspecified atom stereocenters. The number of esters is 3. The van der Waals surface area contributed by atoms with Gasteiger partial charge in [-0.2, -0.15) is 0 Å². The number of unbranched alkanes of at least 4 members (excludes halogenated alkanes) is 47. The van der Waals surface area contributed by atoms with Crippen LogP contribution in [0.2, 0.25) is 0 Å².